The highest BCUT2D eigenvalue weighted by Crippen LogP contribution is 2.20. The van der Waals surface area contributed by atoms with Crippen molar-refractivity contribution in [3.8, 4) is 0 Å². The third-order valence-corrected chi connectivity index (χ3v) is 2.29. The number of oxazole rings is 1. The van der Waals surface area contributed by atoms with Gasteiger partial charge in [0.05, 0.1) is 10.9 Å². The molecule has 0 spiro atoms. The SMILES string of the molecule is O=C(O)c1cccc2oc(CBr)nc12. The topological polar surface area (TPSA) is 63.3 Å². The number of carboxylic acids is 1. The van der Waals surface area contributed by atoms with Crippen molar-refractivity contribution < 1.29 is 14.3 Å². The number of aromatic carboxylic acids is 1. The number of nitrogens with zero attached hydrogens (tertiary/aromatic N) is 1. The second-order valence-electron chi connectivity index (χ2n) is 2.70. The number of alkyl halides is 1. The van der Waals surface area contributed by atoms with E-state index >= 15 is 0 Å². The van der Waals surface area contributed by atoms with Crippen LogP contribution >= 0.6 is 15.9 Å². The molecule has 1 N–H and O–H groups in total. The fraction of sp³-hybridized carbons (Fsp3) is 0.111. The zero-order valence-electron chi connectivity index (χ0n) is 7.03. The summed E-state index contributed by atoms with van der Waals surface area (Å²) >= 11 is 3.19. The molecule has 72 valence electrons. The number of carboxylic acid groups (broad SMARTS) is 1. The number of rotatable bonds is 2. The first-order chi connectivity index (χ1) is 6.72. The van der Waals surface area contributed by atoms with Gasteiger partial charge in [0.15, 0.2) is 5.58 Å². The lowest BCUT2D eigenvalue weighted by atomic mass is 10.2. The van der Waals surface area contributed by atoms with Crippen molar-refractivity contribution in [1.29, 1.82) is 0 Å². The second kappa shape index (κ2) is 3.42. The molecule has 5 heteroatoms. The minimum atomic E-state index is -0.995. The van der Waals surface area contributed by atoms with Crippen molar-refractivity contribution in [2.75, 3.05) is 0 Å². The first kappa shape index (κ1) is 9.21. The fourth-order valence-electron chi connectivity index (χ4n) is 1.22. The molecule has 0 fully saturated rings. The van der Waals surface area contributed by atoms with Gasteiger partial charge in [-0.05, 0) is 12.1 Å². The average molecular weight is 256 g/mol. The molecule has 2 aromatic rings. The van der Waals surface area contributed by atoms with Gasteiger partial charge in [0.25, 0.3) is 0 Å². The van der Waals surface area contributed by atoms with E-state index in [4.69, 9.17) is 9.52 Å². The number of hydrogen-bond acceptors (Lipinski definition) is 3. The van der Waals surface area contributed by atoms with Gasteiger partial charge in [-0.1, -0.05) is 22.0 Å². The minimum absolute atomic E-state index is 0.165. The number of hydrogen-bond donors (Lipinski definition) is 1. The molecule has 1 heterocycles. The van der Waals surface area contributed by atoms with E-state index < -0.39 is 5.97 Å². The summed E-state index contributed by atoms with van der Waals surface area (Å²) in [5.41, 5.74) is 1.06. The molecule has 1 aromatic heterocycles. The zero-order valence-corrected chi connectivity index (χ0v) is 8.61. The van der Waals surface area contributed by atoms with Crippen LogP contribution in [0.1, 0.15) is 16.2 Å². The van der Waals surface area contributed by atoms with Gasteiger partial charge < -0.3 is 9.52 Å². The van der Waals surface area contributed by atoms with E-state index in [2.05, 4.69) is 20.9 Å². The first-order valence-electron chi connectivity index (χ1n) is 3.90. The summed E-state index contributed by atoms with van der Waals surface area (Å²) in [6.45, 7) is 0. The Balaban J connectivity index is 2.73. The Morgan fingerprint density at radius 1 is 1.57 bits per heavy atom. The van der Waals surface area contributed by atoms with Gasteiger partial charge in [0.1, 0.15) is 5.52 Å². The van der Waals surface area contributed by atoms with Gasteiger partial charge in [-0.15, -0.1) is 0 Å². The quantitative estimate of drug-likeness (QED) is 0.838. The number of halogens is 1. The van der Waals surface area contributed by atoms with Crippen LogP contribution in [0, 0.1) is 0 Å². The highest BCUT2D eigenvalue weighted by Gasteiger charge is 2.13. The van der Waals surface area contributed by atoms with Crippen molar-refractivity contribution in [3.05, 3.63) is 29.7 Å². The molecule has 0 atom stereocenters. The Morgan fingerprint density at radius 2 is 2.36 bits per heavy atom. The number of benzene rings is 1. The van der Waals surface area contributed by atoms with E-state index in [-0.39, 0.29) is 5.56 Å². The van der Waals surface area contributed by atoms with Crippen LogP contribution < -0.4 is 0 Å². The van der Waals surface area contributed by atoms with E-state index in [1.807, 2.05) is 0 Å². The smallest absolute Gasteiger partial charge is 0.338 e. The van der Waals surface area contributed by atoms with E-state index in [9.17, 15) is 4.79 Å². The maximum atomic E-state index is 10.8. The lowest BCUT2D eigenvalue weighted by Gasteiger charge is -1.92. The fourth-order valence-corrected chi connectivity index (χ4v) is 1.46. The Bertz CT molecular complexity index is 492. The summed E-state index contributed by atoms with van der Waals surface area (Å²) in [5, 5.41) is 9.34. The summed E-state index contributed by atoms with van der Waals surface area (Å²) < 4.78 is 5.29. The first-order valence-corrected chi connectivity index (χ1v) is 5.02. The summed E-state index contributed by atoms with van der Waals surface area (Å²) in [5.74, 6) is -0.515. The minimum Gasteiger partial charge on any atom is -0.478 e. The molecule has 2 rings (SSSR count). The van der Waals surface area contributed by atoms with Crippen LogP contribution in [0.15, 0.2) is 22.6 Å². The lowest BCUT2D eigenvalue weighted by Crippen LogP contribution is -1.96. The zero-order chi connectivity index (χ0) is 10.1. The molecular formula is C9H6BrNO3. The highest BCUT2D eigenvalue weighted by atomic mass is 79.9. The van der Waals surface area contributed by atoms with E-state index in [1.165, 1.54) is 6.07 Å². The number of fused-ring (bicyclic) bond motifs is 1. The van der Waals surface area contributed by atoms with Crippen LogP contribution in [0.5, 0.6) is 0 Å². The van der Waals surface area contributed by atoms with Gasteiger partial charge >= 0.3 is 5.97 Å². The molecule has 0 bridgehead atoms. The van der Waals surface area contributed by atoms with Gasteiger partial charge in [0, 0.05) is 0 Å². The van der Waals surface area contributed by atoms with Crippen molar-refractivity contribution in [3.63, 3.8) is 0 Å². The molecule has 0 unspecified atom stereocenters. The average Bonchev–Trinajstić information content (AvgIpc) is 2.59. The van der Waals surface area contributed by atoms with Crippen molar-refractivity contribution in [1.82, 2.24) is 4.98 Å². The summed E-state index contributed by atoms with van der Waals surface area (Å²) in [4.78, 5) is 14.9. The Hall–Kier alpha value is -1.36. The number of carbonyl (C=O) groups is 1. The molecule has 0 saturated carbocycles. The largest absolute Gasteiger partial charge is 0.478 e. The second-order valence-corrected chi connectivity index (χ2v) is 3.26. The molecular weight excluding hydrogens is 250 g/mol. The molecule has 4 nitrogen and oxygen atoms in total. The van der Waals surface area contributed by atoms with Crippen molar-refractivity contribution in [2.45, 2.75) is 5.33 Å². The molecule has 1 aromatic carbocycles. The third-order valence-electron chi connectivity index (χ3n) is 1.81. The molecule has 0 aliphatic rings. The molecule has 0 amide bonds. The summed E-state index contributed by atoms with van der Waals surface area (Å²) in [6.07, 6.45) is 0. The summed E-state index contributed by atoms with van der Waals surface area (Å²) in [7, 11) is 0. The van der Waals surface area contributed by atoms with E-state index in [0.29, 0.717) is 22.3 Å². The predicted octanol–water partition coefficient (Wildman–Crippen LogP) is 2.42. The summed E-state index contributed by atoms with van der Waals surface area (Å²) in [6, 6.07) is 4.83. The maximum Gasteiger partial charge on any atom is 0.338 e. The lowest BCUT2D eigenvalue weighted by molar-refractivity contribution is 0.0699. The van der Waals surface area contributed by atoms with Crippen LogP contribution in [0.4, 0.5) is 0 Å². The predicted molar refractivity (Wildman–Crippen MR) is 53.6 cm³/mol. The Morgan fingerprint density at radius 3 is 3.00 bits per heavy atom. The van der Waals surface area contributed by atoms with Crippen LogP contribution in [0.3, 0.4) is 0 Å². The van der Waals surface area contributed by atoms with Crippen LogP contribution in [0.2, 0.25) is 0 Å². The normalized spacial score (nSPS) is 10.6. The molecule has 0 aliphatic heterocycles. The standard InChI is InChI=1S/C9H6BrNO3/c10-4-7-11-8-5(9(12)13)2-1-3-6(8)14-7/h1-3H,4H2,(H,12,13). The van der Waals surface area contributed by atoms with E-state index in [1.54, 1.807) is 12.1 Å². The molecule has 0 radical (unpaired) electrons. The third kappa shape index (κ3) is 1.39. The van der Waals surface area contributed by atoms with Crippen molar-refractivity contribution in [2.24, 2.45) is 0 Å². The van der Waals surface area contributed by atoms with Crippen LogP contribution in [-0.4, -0.2) is 16.1 Å². The van der Waals surface area contributed by atoms with E-state index in [0.717, 1.165) is 0 Å². The van der Waals surface area contributed by atoms with Crippen LogP contribution in [0.25, 0.3) is 11.1 Å². The highest BCUT2D eigenvalue weighted by molar-refractivity contribution is 9.08. The molecule has 0 saturated heterocycles. The van der Waals surface area contributed by atoms with Gasteiger partial charge in [0.2, 0.25) is 5.89 Å². The monoisotopic (exact) mass is 255 g/mol. The maximum absolute atomic E-state index is 10.8. The number of aromatic nitrogens is 1. The molecule has 0 aliphatic carbocycles. The van der Waals surface area contributed by atoms with Gasteiger partial charge in [-0.2, -0.15) is 0 Å². The Labute approximate surface area is 87.7 Å². The van der Waals surface area contributed by atoms with Crippen molar-refractivity contribution >= 4 is 33.0 Å². The number of para-hydroxylation sites is 1. The molecule has 14 heavy (non-hydrogen) atoms. The van der Waals surface area contributed by atoms with Gasteiger partial charge in [-0.3, -0.25) is 0 Å². The van der Waals surface area contributed by atoms with Crippen LogP contribution in [-0.2, 0) is 5.33 Å². The van der Waals surface area contributed by atoms with Gasteiger partial charge in [-0.25, -0.2) is 9.78 Å². The Kier molecular flexibility index (Phi) is 2.25.